The highest BCUT2D eigenvalue weighted by molar-refractivity contribution is 6.23. The Bertz CT molecular complexity index is 2280. The quantitative estimate of drug-likeness (QED) is 0.216. The Morgan fingerprint density at radius 1 is 0.900 bits per heavy atom. The zero-order chi connectivity index (χ0) is 42.5. The van der Waals surface area contributed by atoms with E-state index in [2.05, 4.69) is 25.3 Å². The normalized spacial score (nSPS) is 20.0. The third-order valence-electron chi connectivity index (χ3n) is 12.9. The van der Waals surface area contributed by atoms with E-state index in [1.807, 2.05) is 38.5 Å². The highest BCUT2D eigenvalue weighted by Gasteiger charge is 2.46. The summed E-state index contributed by atoms with van der Waals surface area (Å²) in [5.41, 5.74) is 5.94. The minimum Gasteiger partial charge on any atom is -0.496 e. The van der Waals surface area contributed by atoms with Gasteiger partial charge in [0.15, 0.2) is 0 Å². The molecule has 5 aliphatic rings. The summed E-state index contributed by atoms with van der Waals surface area (Å²) in [7, 11) is 9.02. The molecule has 1 spiro atoms. The average molecular weight is 823 g/mol. The van der Waals surface area contributed by atoms with Gasteiger partial charge in [0.05, 0.1) is 37.5 Å². The van der Waals surface area contributed by atoms with Crippen molar-refractivity contribution in [1.82, 2.24) is 34.8 Å². The number of nitrogens with one attached hydrogen (secondary N) is 2. The van der Waals surface area contributed by atoms with Crippen molar-refractivity contribution in [3.63, 3.8) is 0 Å². The number of hydrogen-bond acceptors (Lipinski definition) is 11. The number of anilines is 1. The van der Waals surface area contributed by atoms with Crippen molar-refractivity contribution in [2.75, 3.05) is 79.0 Å². The number of carbonyl (C=O) groups is 5. The summed E-state index contributed by atoms with van der Waals surface area (Å²) in [6, 6.07) is 8.16. The van der Waals surface area contributed by atoms with Crippen molar-refractivity contribution in [2.45, 2.75) is 57.7 Å². The Kier molecular flexibility index (Phi) is 11.2. The van der Waals surface area contributed by atoms with Gasteiger partial charge in [-0.1, -0.05) is 0 Å². The molecule has 2 N–H and O–H groups in total. The van der Waals surface area contributed by atoms with Gasteiger partial charge in [0, 0.05) is 82.3 Å². The van der Waals surface area contributed by atoms with E-state index < -0.39 is 29.7 Å². The number of ether oxygens (including phenoxy) is 2. The molecule has 2 aromatic carbocycles. The van der Waals surface area contributed by atoms with Gasteiger partial charge in [-0.25, -0.2) is 4.79 Å². The highest BCUT2D eigenvalue weighted by atomic mass is 16.5. The molecule has 0 saturated carbocycles. The van der Waals surface area contributed by atoms with Crippen LogP contribution in [0.5, 0.6) is 11.5 Å². The topological polar surface area (TPSA) is 166 Å². The maximum Gasteiger partial charge on any atom is 0.317 e. The SMILES string of the molecule is COc1cc(-c2cn(C)c(=O)c3c2CCN(C(=O)NCCCN2CC4(CCN(c5ccc6c(c5)C(=O)N(C5CCC(=O)NC5=O)C6=O)CC4)C2)C3)cc(OC)c1CN(C)C. The lowest BCUT2D eigenvalue weighted by Crippen LogP contribution is -2.60. The molecule has 0 aliphatic carbocycles. The fourth-order valence-electron chi connectivity index (χ4n) is 9.72. The van der Waals surface area contributed by atoms with Gasteiger partial charge in [-0.05, 0) is 99.6 Å². The van der Waals surface area contributed by atoms with Crippen LogP contribution in [0.2, 0.25) is 0 Å². The minimum atomic E-state index is -0.981. The number of nitrogens with zero attached hydrogens (tertiary/aromatic N) is 6. The number of aryl methyl sites for hydroxylation is 1. The molecule has 5 aliphatic heterocycles. The van der Waals surface area contributed by atoms with Crippen LogP contribution in [0.3, 0.4) is 0 Å². The van der Waals surface area contributed by atoms with Crippen molar-refractivity contribution in [3.8, 4) is 22.6 Å². The standard InChI is InChI=1S/C44H54N8O8/c1-47(2)22-34-36(59-4)19-27(20-37(34)60-5)32-23-48(3)40(55)33-24-51(16-11-29(32)33)43(58)45-14-6-15-49-25-44(26-49)12-17-50(18-13-44)28-7-8-30-31(21-28)42(57)52(41(30)56)35-9-10-38(53)46-39(35)54/h7-8,19-21,23,35H,6,9-18,22,24-26H2,1-5H3,(H,45,58)(H,46,53,54). The van der Waals surface area contributed by atoms with Gasteiger partial charge in [-0.3, -0.25) is 34.2 Å². The molecule has 318 valence electrons. The molecule has 8 rings (SSSR count). The zero-order valence-corrected chi connectivity index (χ0v) is 35.1. The second-order valence-corrected chi connectivity index (χ2v) is 17.1. The number of hydrogen-bond donors (Lipinski definition) is 2. The summed E-state index contributed by atoms with van der Waals surface area (Å²) >= 11 is 0. The number of carbonyl (C=O) groups excluding carboxylic acids is 5. The van der Waals surface area contributed by atoms with E-state index in [0.29, 0.717) is 48.7 Å². The maximum absolute atomic E-state index is 13.4. The number of imide groups is 2. The Hall–Kier alpha value is -5.74. The molecule has 1 aromatic heterocycles. The predicted octanol–water partition coefficient (Wildman–Crippen LogP) is 2.59. The van der Waals surface area contributed by atoms with Gasteiger partial charge in [-0.15, -0.1) is 0 Å². The number of urea groups is 1. The van der Waals surface area contributed by atoms with Crippen molar-refractivity contribution >= 4 is 35.3 Å². The van der Waals surface area contributed by atoms with Crippen molar-refractivity contribution in [3.05, 3.63) is 74.7 Å². The molecule has 0 bridgehead atoms. The molecule has 0 radical (unpaired) electrons. The smallest absolute Gasteiger partial charge is 0.317 e. The van der Waals surface area contributed by atoms with Crippen LogP contribution in [-0.2, 0) is 36.1 Å². The number of pyridine rings is 1. The van der Waals surface area contributed by atoms with Gasteiger partial charge < -0.3 is 39.0 Å². The van der Waals surface area contributed by atoms with Crippen LogP contribution in [0.4, 0.5) is 10.5 Å². The molecule has 16 heteroatoms. The molecule has 16 nitrogen and oxygen atoms in total. The minimum absolute atomic E-state index is 0.0849. The third-order valence-corrected chi connectivity index (χ3v) is 12.9. The summed E-state index contributed by atoms with van der Waals surface area (Å²) in [6.07, 6.45) is 5.46. The molecule has 6 amide bonds. The van der Waals surface area contributed by atoms with E-state index in [-0.39, 0.29) is 42.0 Å². The number of aromatic nitrogens is 1. The molecule has 3 saturated heterocycles. The van der Waals surface area contributed by atoms with Gasteiger partial charge in [0.1, 0.15) is 17.5 Å². The summed E-state index contributed by atoms with van der Waals surface area (Å²) in [6.45, 7) is 6.45. The molecule has 60 heavy (non-hydrogen) atoms. The Balaban J connectivity index is 0.807. The molecular weight excluding hydrogens is 769 g/mol. The lowest BCUT2D eigenvalue weighted by molar-refractivity contribution is -0.136. The lowest BCUT2D eigenvalue weighted by Gasteiger charge is -2.54. The second kappa shape index (κ2) is 16.4. The fourth-order valence-corrected chi connectivity index (χ4v) is 9.72. The maximum atomic E-state index is 13.4. The second-order valence-electron chi connectivity index (χ2n) is 17.1. The highest BCUT2D eigenvalue weighted by Crippen LogP contribution is 2.42. The molecule has 6 heterocycles. The fraction of sp³-hybridized carbons (Fsp3) is 0.500. The van der Waals surface area contributed by atoms with Crippen LogP contribution in [0.25, 0.3) is 11.1 Å². The summed E-state index contributed by atoms with van der Waals surface area (Å²) in [4.78, 5) is 86.8. The van der Waals surface area contributed by atoms with Crippen LogP contribution < -0.4 is 30.6 Å². The number of likely N-dealkylation sites (tertiary alicyclic amines) is 1. The number of piperidine rings is 2. The van der Waals surface area contributed by atoms with Crippen molar-refractivity contribution in [1.29, 1.82) is 0 Å². The number of methoxy groups -OCH3 is 2. The number of fused-ring (bicyclic) bond motifs is 2. The van der Waals surface area contributed by atoms with Crippen LogP contribution in [-0.4, -0.2) is 134 Å². The molecule has 1 unspecified atom stereocenters. The Morgan fingerprint density at radius 2 is 1.60 bits per heavy atom. The van der Waals surface area contributed by atoms with E-state index in [1.165, 1.54) is 0 Å². The summed E-state index contributed by atoms with van der Waals surface area (Å²) in [5, 5.41) is 5.33. The average Bonchev–Trinajstić information content (AvgIpc) is 3.47. The molecule has 1 atom stereocenters. The Labute approximate surface area is 349 Å². The molecule has 3 fully saturated rings. The lowest BCUT2D eigenvalue weighted by atomic mass is 9.72. The van der Waals surface area contributed by atoms with E-state index in [0.717, 1.165) is 84.8 Å². The van der Waals surface area contributed by atoms with Crippen LogP contribution in [0, 0.1) is 5.41 Å². The van der Waals surface area contributed by atoms with Crippen molar-refractivity contribution < 1.29 is 33.4 Å². The van der Waals surface area contributed by atoms with Gasteiger partial charge >= 0.3 is 6.03 Å². The first kappa shape index (κ1) is 41.0. The molecule has 3 aromatic rings. The van der Waals surface area contributed by atoms with E-state index >= 15 is 0 Å². The Morgan fingerprint density at radius 3 is 2.27 bits per heavy atom. The van der Waals surface area contributed by atoms with E-state index in [1.54, 1.807) is 42.9 Å². The van der Waals surface area contributed by atoms with Crippen LogP contribution in [0.1, 0.15) is 69.5 Å². The van der Waals surface area contributed by atoms with Gasteiger partial charge in [-0.2, -0.15) is 0 Å². The number of amides is 6. The van der Waals surface area contributed by atoms with Crippen molar-refractivity contribution in [2.24, 2.45) is 12.5 Å². The number of benzene rings is 2. The van der Waals surface area contributed by atoms with Crippen LogP contribution >= 0.6 is 0 Å². The summed E-state index contributed by atoms with van der Waals surface area (Å²) < 4.78 is 13.2. The van der Waals surface area contributed by atoms with Crippen LogP contribution in [0.15, 0.2) is 41.3 Å². The van der Waals surface area contributed by atoms with E-state index in [4.69, 9.17) is 9.47 Å². The number of rotatable bonds is 11. The first-order chi connectivity index (χ1) is 28.8. The largest absolute Gasteiger partial charge is 0.496 e. The third kappa shape index (κ3) is 7.62. The first-order valence-electron chi connectivity index (χ1n) is 20.8. The monoisotopic (exact) mass is 822 g/mol. The summed E-state index contributed by atoms with van der Waals surface area (Å²) in [5.74, 6) is -0.574. The van der Waals surface area contributed by atoms with E-state index in [9.17, 15) is 28.8 Å². The molecular formula is C44H54N8O8. The predicted molar refractivity (Wildman–Crippen MR) is 223 cm³/mol. The van der Waals surface area contributed by atoms with Gasteiger partial charge in [0.2, 0.25) is 11.8 Å². The zero-order valence-electron chi connectivity index (χ0n) is 35.1. The van der Waals surface area contributed by atoms with Gasteiger partial charge in [0.25, 0.3) is 17.4 Å². The first-order valence-corrected chi connectivity index (χ1v) is 20.8.